The molecule has 1 aromatic carbocycles. The Kier molecular flexibility index (Phi) is 5.69. The van der Waals surface area contributed by atoms with Crippen molar-refractivity contribution in [1.82, 2.24) is 10.2 Å². The van der Waals surface area contributed by atoms with Crippen LogP contribution in [0.3, 0.4) is 0 Å². The number of aromatic nitrogens is 2. The van der Waals surface area contributed by atoms with E-state index < -0.39 is 16.4 Å². The van der Waals surface area contributed by atoms with Gasteiger partial charge in [0.15, 0.2) is 8.68 Å². The molecule has 0 spiro atoms. The Bertz CT molecular complexity index is 710. The Morgan fingerprint density at radius 3 is 2.82 bits per heavy atom. The van der Waals surface area contributed by atoms with Crippen LogP contribution in [0, 0.1) is 15.9 Å². The SMILES string of the molecule is CSc1nnc(SCC(=O)Nc2ccc(F)c([N+](=O)[O-])c2)s1. The van der Waals surface area contributed by atoms with Crippen LogP contribution < -0.4 is 5.32 Å². The molecule has 11 heteroatoms. The molecule has 22 heavy (non-hydrogen) atoms. The van der Waals surface area contributed by atoms with Crippen LogP contribution in [-0.2, 0) is 4.79 Å². The lowest BCUT2D eigenvalue weighted by atomic mass is 10.2. The summed E-state index contributed by atoms with van der Waals surface area (Å²) in [6, 6.07) is 3.19. The van der Waals surface area contributed by atoms with Crippen molar-refractivity contribution < 1.29 is 14.1 Å². The average Bonchev–Trinajstić information content (AvgIpc) is 2.95. The number of halogens is 1. The quantitative estimate of drug-likeness (QED) is 0.480. The number of nitro groups is 1. The van der Waals surface area contributed by atoms with E-state index in [1.807, 2.05) is 6.26 Å². The molecule has 2 aromatic rings. The van der Waals surface area contributed by atoms with E-state index in [2.05, 4.69) is 15.5 Å². The maximum atomic E-state index is 13.2. The molecule has 0 aliphatic rings. The number of amides is 1. The minimum Gasteiger partial charge on any atom is -0.325 e. The molecule has 1 amide bonds. The monoisotopic (exact) mass is 360 g/mol. The molecule has 2 rings (SSSR count). The van der Waals surface area contributed by atoms with E-state index in [1.165, 1.54) is 40.9 Å². The van der Waals surface area contributed by atoms with Crippen LogP contribution in [0.4, 0.5) is 15.8 Å². The zero-order valence-corrected chi connectivity index (χ0v) is 13.6. The molecule has 0 saturated heterocycles. The molecule has 116 valence electrons. The summed E-state index contributed by atoms with van der Waals surface area (Å²) in [4.78, 5) is 21.6. The van der Waals surface area contributed by atoms with Crippen molar-refractivity contribution in [2.75, 3.05) is 17.3 Å². The largest absolute Gasteiger partial charge is 0.325 e. The smallest absolute Gasteiger partial charge is 0.306 e. The predicted octanol–water partition coefficient (Wildman–Crippen LogP) is 3.04. The highest BCUT2D eigenvalue weighted by Gasteiger charge is 2.15. The van der Waals surface area contributed by atoms with Crippen LogP contribution in [0.5, 0.6) is 0 Å². The summed E-state index contributed by atoms with van der Waals surface area (Å²) < 4.78 is 14.6. The first-order chi connectivity index (χ1) is 10.5. The van der Waals surface area contributed by atoms with Crippen LogP contribution in [0.15, 0.2) is 26.9 Å². The normalized spacial score (nSPS) is 10.5. The van der Waals surface area contributed by atoms with Crippen molar-refractivity contribution in [2.24, 2.45) is 0 Å². The van der Waals surface area contributed by atoms with Gasteiger partial charge in [-0.05, 0) is 18.4 Å². The number of anilines is 1. The summed E-state index contributed by atoms with van der Waals surface area (Å²) in [7, 11) is 0. The zero-order chi connectivity index (χ0) is 16.1. The first kappa shape index (κ1) is 16.6. The highest BCUT2D eigenvalue weighted by atomic mass is 32.2. The lowest BCUT2D eigenvalue weighted by molar-refractivity contribution is -0.387. The number of rotatable bonds is 6. The molecule has 0 bridgehead atoms. The van der Waals surface area contributed by atoms with Gasteiger partial charge < -0.3 is 5.32 Å². The van der Waals surface area contributed by atoms with Gasteiger partial charge in [0.25, 0.3) is 0 Å². The van der Waals surface area contributed by atoms with E-state index in [9.17, 15) is 19.3 Å². The number of carbonyl (C=O) groups excluding carboxylic acids is 1. The molecule has 0 aliphatic heterocycles. The molecule has 1 N–H and O–H groups in total. The summed E-state index contributed by atoms with van der Waals surface area (Å²) in [6.45, 7) is 0. The number of nitrogens with zero attached hydrogens (tertiary/aromatic N) is 3. The summed E-state index contributed by atoms with van der Waals surface area (Å²) in [5, 5.41) is 20.9. The second-order valence-corrected chi connectivity index (χ2v) is 7.05. The fourth-order valence-corrected chi connectivity index (χ4v) is 3.63. The minimum atomic E-state index is -0.948. The molecule has 7 nitrogen and oxygen atoms in total. The lowest BCUT2D eigenvalue weighted by Crippen LogP contribution is -2.14. The molecule has 0 saturated carbocycles. The number of nitrogens with one attached hydrogen (secondary N) is 1. The van der Waals surface area contributed by atoms with E-state index in [1.54, 1.807) is 0 Å². The maximum Gasteiger partial charge on any atom is 0.306 e. The summed E-state index contributed by atoms with van der Waals surface area (Å²) in [5.41, 5.74) is -0.514. The third-order valence-corrected chi connectivity index (χ3v) is 5.35. The molecule has 0 fully saturated rings. The van der Waals surface area contributed by atoms with Crippen molar-refractivity contribution in [1.29, 1.82) is 0 Å². The fraction of sp³-hybridized carbons (Fsp3) is 0.182. The second kappa shape index (κ2) is 7.51. The molecule has 0 aliphatic carbocycles. The number of carbonyl (C=O) groups is 1. The molecule has 0 unspecified atom stereocenters. The maximum absolute atomic E-state index is 13.2. The third kappa shape index (κ3) is 4.39. The van der Waals surface area contributed by atoms with Crippen molar-refractivity contribution in [3.63, 3.8) is 0 Å². The van der Waals surface area contributed by atoms with Gasteiger partial charge in [0.05, 0.1) is 10.7 Å². The number of hydrogen-bond acceptors (Lipinski definition) is 8. The molecular formula is C11H9FN4O3S3. The Balaban J connectivity index is 1.94. The van der Waals surface area contributed by atoms with Crippen LogP contribution in [0.1, 0.15) is 0 Å². The molecular weight excluding hydrogens is 351 g/mol. The average molecular weight is 360 g/mol. The number of benzene rings is 1. The van der Waals surface area contributed by atoms with Crippen molar-refractivity contribution in [3.8, 4) is 0 Å². The summed E-state index contributed by atoms with van der Waals surface area (Å²) in [5.74, 6) is -1.24. The number of nitro benzene ring substituents is 1. The Morgan fingerprint density at radius 2 is 2.18 bits per heavy atom. The van der Waals surface area contributed by atoms with Crippen LogP contribution in [-0.4, -0.2) is 33.0 Å². The molecule has 0 radical (unpaired) electrons. The second-order valence-electron chi connectivity index (χ2n) is 3.80. The topological polar surface area (TPSA) is 98.0 Å². The zero-order valence-electron chi connectivity index (χ0n) is 11.1. The number of thioether (sulfide) groups is 2. The van der Waals surface area contributed by atoms with Gasteiger partial charge in [0, 0.05) is 11.8 Å². The fourth-order valence-electron chi connectivity index (χ4n) is 1.39. The Hall–Kier alpha value is -1.72. The predicted molar refractivity (Wildman–Crippen MR) is 84.1 cm³/mol. The van der Waals surface area contributed by atoms with E-state index in [4.69, 9.17) is 0 Å². The molecule has 1 aromatic heterocycles. The number of hydrogen-bond donors (Lipinski definition) is 1. The summed E-state index contributed by atoms with van der Waals surface area (Å²) in [6.07, 6.45) is 1.88. The highest BCUT2D eigenvalue weighted by Crippen LogP contribution is 2.27. The third-order valence-electron chi connectivity index (χ3n) is 2.32. The molecule has 1 heterocycles. The first-order valence-corrected chi connectivity index (χ1v) is 8.76. The van der Waals surface area contributed by atoms with Crippen molar-refractivity contribution in [3.05, 3.63) is 34.1 Å². The van der Waals surface area contributed by atoms with Gasteiger partial charge in [-0.3, -0.25) is 14.9 Å². The van der Waals surface area contributed by atoms with E-state index in [-0.39, 0.29) is 17.3 Å². The van der Waals surface area contributed by atoms with Crippen LogP contribution in [0.25, 0.3) is 0 Å². The van der Waals surface area contributed by atoms with Crippen molar-refractivity contribution >= 4 is 52.1 Å². The summed E-state index contributed by atoms with van der Waals surface area (Å²) >= 11 is 4.05. The first-order valence-electron chi connectivity index (χ1n) is 5.73. The van der Waals surface area contributed by atoms with Gasteiger partial charge in [-0.2, -0.15) is 4.39 Å². The van der Waals surface area contributed by atoms with Gasteiger partial charge in [0.2, 0.25) is 11.7 Å². The molecule has 0 atom stereocenters. The standard InChI is InChI=1S/C11H9FN4O3S3/c1-20-10-14-15-11(22-10)21-5-9(17)13-6-2-3-7(12)8(4-6)16(18)19/h2-4H,5H2,1H3,(H,13,17). The van der Waals surface area contributed by atoms with Gasteiger partial charge >= 0.3 is 5.69 Å². The van der Waals surface area contributed by atoms with E-state index in [0.717, 1.165) is 16.5 Å². The van der Waals surface area contributed by atoms with Crippen LogP contribution in [0.2, 0.25) is 0 Å². The van der Waals surface area contributed by atoms with E-state index in [0.29, 0.717) is 4.34 Å². The Labute approximate surface area is 136 Å². The minimum absolute atomic E-state index is 0.0776. The Morgan fingerprint density at radius 1 is 1.45 bits per heavy atom. The van der Waals surface area contributed by atoms with E-state index >= 15 is 0 Å². The van der Waals surface area contributed by atoms with Gasteiger partial charge in [-0.1, -0.05) is 34.9 Å². The van der Waals surface area contributed by atoms with Crippen molar-refractivity contribution in [2.45, 2.75) is 8.68 Å². The van der Waals surface area contributed by atoms with Crippen LogP contribution >= 0.6 is 34.9 Å². The van der Waals surface area contributed by atoms with Gasteiger partial charge in [-0.15, -0.1) is 10.2 Å². The van der Waals surface area contributed by atoms with Gasteiger partial charge in [0.1, 0.15) is 0 Å². The van der Waals surface area contributed by atoms with Gasteiger partial charge in [-0.25, -0.2) is 0 Å². The highest BCUT2D eigenvalue weighted by molar-refractivity contribution is 8.03. The lowest BCUT2D eigenvalue weighted by Gasteiger charge is -2.04.